The molecule has 100 valence electrons. The fourth-order valence-corrected chi connectivity index (χ4v) is 1.55. The molecule has 0 fully saturated rings. The molecule has 1 amide bonds. The van der Waals surface area contributed by atoms with Crippen LogP contribution in [0.2, 0.25) is 0 Å². The molecular formula is C13H20N2O3. The summed E-state index contributed by atoms with van der Waals surface area (Å²) in [4.78, 5) is 11.5. The molecular weight excluding hydrogens is 232 g/mol. The number of hydrogen-bond acceptors (Lipinski definition) is 4. The number of ether oxygens (including phenoxy) is 2. The van der Waals surface area contributed by atoms with Crippen molar-refractivity contribution in [1.29, 1.82) is 0 Å². The average Bonchev–Trinajstić information content (AvgIpc) is 2.37. The maximum absolute atomic E-state index is 11.5. The second-order valence-corrected chi connectivity index (χ2v) is 4.13. The predicted molar refractivity (Wildman–Crippen MR) is 69.8 cm³/mol. The molecule has 18 heavy (non-hydrogen) atoms. The number of nitrogens with one attached hydrogen (secondary N) is 1. The summed E-state index contributed by atoms with van der Waals surface area (Å²) in [5.41, 5.74) is 6.44. The minimum absolute atomic E-state index is 0.136. The summed E-state index contributed by atoms with van der Waals surface area (Å²) in [6, 6.07) is 4.87. The molecule has 0 radical (unpaired) electrons. The van der Waals surface area contributed by atoms with E-state index in [-0.39, 0.29) is 11.9 Å². The number of rotatable bonds is 5. The van der Waals surface area contributed by atoms with E-state index in [1.54, 1.807) is 21.1 Å². The van der Waals surface area contributed by atoms with Gasteiger partial charge in [0, 0.05) is 0 Å². The molecule has 0 heterocycles. The predicted octanol–water partition coefficient (Wildman–Crippen LogP) is 1.23. The van der Waals surface area contributed by atoms with E-state index in [1.807, 2.05) is 25.1 Å². The summed E-state index contributed by atoms with van der Waals surface area (Å²) in [5, 5.41) is 2.82. The van der Waals surface area contributed by atoms with Crippen LogP contribution in [0.25, 0.3) is 0 Å². The van der Waals surface area contributed by atoms with Gasteiger partial charge in [-0.15, -0.1) is 0 Å². The lowest BCUT2D eigenvalue weighted by Gasteiger charge is -2.17. The van der Waals surface area contributed by atoms with E-state index >= 15 is 0 Å². The molecule has 0 saturated heterocycles. The fourth-order valence-electron chi connectivity index (χ4n) is 1.55. The van der Waals surface area contributed by atoms with Gasteiger partial charge in [0.05, 0.1) is 26.3 Å². The number of hydrogen-bond donors (Lipinski definition) is 2. The minimum atomic E-state index is -0.521. The van der Waals surface area contributed by atoms with Crippen molar-refractivity contribution in [2.45, 2.75) is 25.9 Å². The molecule has 2 atom stereocenters. The molecule has 1 aromatic rings. The first kappa shape index (κ1) is 14.3. The van der Waals surface area contributed by atoms with Crippen LogP contribution < -0.4 is 20.5 Å². The SMILES string of the molecule is COc1ccc(C(C)NC(=O)[C@@H](C)N)cc1OC. The van der Waals surface area contributed by atoms with E-state index in [2.05, 4.69) is 5.32 Å². The lowest BCUT2D eigenvalue weighted by atomic mass is 10.1. The van der Waals surface area contributed by atoms with Crippen molar-refractivity contribution < 1.29 is 14.3 Å². The second kappa shape index (κ2) is 6.26. The molecule has 1 aromatic carbocycles. The molecule has 1 rings (SSSR count). The number of benzene rings is 1. The van der Waals surface area contributed by atoms with Crippen molar-refractivity contribution in [3.63, 3.8) is 0 Å². The Hall–Kier alpha value is -1.75. The molecule has 0 aliphatic carbocycles. The zero-order chi connectivity index (χ0) is 13.7. The molecule has 0 aliphatic rings. The third-order valence-corrected chi connectivity index (χ3v) is 2.68. The highest BCUT2D eigenvalue weighted by Crippen LogP contribution is 2.29. The Labute approximate surface area is 107 Å². The Kier molecular flexibility index (Phi) is 4.97. The number of carbonyl (C=O) groups excluding carboxylic acids is 1. The third kappa shape index (κ3) is 3.37. The van der Waals surface area contributed by atoms with Gasteiger partial charge < -0.3 is 20.5 Å². The van der Waals surface area contributed by atoms with Crippen molar-refractivity contribution in [3.05, 3.63) is 23.8 Å². The lowest BCUT2D eigenvalue weighted by Crippen LogP contribution is -2.39. The van der Waals surface area contributed by atoms with Crippen LogP contribution in [-0.2, 0) is 4.79 Å². The first-order valence-corrected chi connectivity index (χ1v) is 5.77. The summed E-state index contributed by atoms with van der Waals surface area (Å²) in [6.45, 7) is 3.54. The number of methoxy groups -OCH3 is 2. The van der Waals surface area contributed by atoms with Crippen molar-refractivity contribution >= 4 is 5.91 Å². The summed E-state index contributed by atoms with van der Waals surface area (Å²) >= 11 is 0. The van der Waals surface area contributed by atoms with Crippen LogP contribution >= 0.6 is 0 Å². The van der Waals surface area contributed by atoms with Crippen LogP contribution in [0.4, 0.5) is 0 Å². The standard InChI is InChI=1S/C13H20N2O3/c1-8(14)13(16)15-9(2)10-5-6-11(17-3)12(7-10)18-4/h5-9H,14H2,1-4H3,(H,15,16)/t8-,9?/m1/s1. The maximum atomic E-state index is 11.5. The topological polar surface area (TPSA) is 73.6 Å². The van der Waals surface area contributed by atoms with Gasteiger partial charge in [0.2, 0.25) is 5.91 Å². The maximum Gasteiger partial charge on any atom is 0.237 e. The Morgan fingerprint density at radius 1 is 1.22 bits per heavy atom. The van der Waals surface area contributed by atoms with Crippen molar-refractivity contribution in [2.75, 3.05) is 14.2 Å². The number of carbonyl (C=O) groups is 1. The summed E-state index contributed by atoms with van der Waals surface area (Å²) < 4.78 is 10.4. The van der Waals surface area contributed by atoms with E-state index in [0.29, 0.717) is 11.5 Å². The number of amides is 1. The third-order valence-electron chi connectivity index (χ3n) is 2.68. The normalized spacial score (nSPS) is 13.6. The smallest absolute Gasteiger partial charge is 0.237 e. The Morgan fingerprint density at radius 2 is 1.83 bits per heavy atom. The van der Waals surface area contributed by atoms with Crippen molar-refractivity contribution in [1.82, 2.24) is 5.32 Å². The first-order chi connectivity index (χ1) is 8.49. The molecule has 0 aromatic heterocycles. The fraction of sp³-hybridized carbons (Fsp3) is 0.462. The first-order valence-electron chi connectivity index (χ1n) is 5.77. The van der Waals surface area contributed by atoms with Gasteiger partial charge in [-0.3, -0.25) is 4.79 Å². The van der Waals surface area contributed by atoms with Crippen molar-refractivity contribution in [3.8, 4) is 11.5 Å². The Balaban J connectivity index is 2.86. The zero-order valence-electron chi connectivity index (χ0n) is 11.2. The van der Waals surface area contributed by atoms with E-state index in [4.69, 9.17) is 15.2 Å². The average molecular weight is 252 g/mol. The quantitative estimate of drug-likeness (QED) is 0.826. The van der Waals surface area contributed by atoms with Crippen LogP contribution in [0.1, 0.15) is 25.5 Å². The number of nitrogens with two attached hydrogens (primary N) is 1. The van der Waals surface area contributed by atoms with Crippen molar-refractivity contribution in [2.24, 2.45) is 5.73 Å². The van der Waals surface area contributed by atoms with E-state index < -0.39 is 6.04 Å². The lowest BCUT2D eigenvalue weighted by molar-refractivity contribution is -0.122. The Morgan fingerprint density at radius 3 is 2.33 bits per heavy atom. The van der Waals surface area contributed by atoms with Gasteiger partial charge in [-0.1, -0.05) is 6.07 Å². The second-order valence-electron chi connectivity index (χ2n) is 4.13. The van der Waals surface area contributed by atoms with E-state index in [1.165, 1.54) is 0 Å². The molecule has 0 aliphatic heterocycles. The molecule has 5 nitrogen and oxygen atoms in total. The van der Waals surface area contributed by atoms with Gasteiger partial charge in [-0.2, -0.15) is 0 Å². The monoisotopic (exact) mass is 252 g/mol. The van der Waals surface area contributed by atoms with Crippen LogP contribution in [-0.4, -0.2) is 26.2 Å². The zero-order valence-corrected chi connectivity index (χ0v) is 11.2. The molecule has 5 heteroatoms. The highest BCUT2D eigenvalue weighted by Gasteiger charge is 2.14. The largest absolute Gasteiger partial charge is 0.493 e. The van der Waals surface area contributed by atoms with Crippen LogP contribution in [0.5, 0.6) is 11.5 Å². The van der Waals surface area contributed by atoms with Gasteiger partial charge in [-0.25, -0.2) is 0 Å². The van der Waals surface area contributed by atoms with Crippen LogP contribution in [0.3, 0.4) is 0 Å². The minimum Gasteiger partial charge on any atom is -0.493 e. The highest BCUT2D eigenvalue weighted by atomic mass is 16.5. The molecule has 0 spiro atoms. The molecule has 0 saturated carbocycles. The van der Waals surface area contributed by atoms with E-state index in [0.717, 1.165) is 5.56 Å². The van der Waals surface area contributed by atoms with Gasteiger partial charge in [0.15, 0.2) is 11.5 Å². The molecule has 1 unspecified atom stereocenters. The van der Waals surface area contributed by atoms with Gasteiger partial charge in [-0.05, 0) is 31.5 Å². The highest BCUT2D eigenvalue weighted by molar-refractivity contribution is 5.81. The van der Waals surface area contributed by atoms with E-state index in [9.17, 15) is 4.79 Å². The summed E-state index contributed by atoms with van der Waals surface area (Å²) in [7, 11) is 3.16. The summed E-state index contributed by atoms with van der Waals surface area (Å²) in [6.07, 6.45) is 0. The van der Waals surface area contributed by atoms with Crippen LogP contribution in [0.15, 0.2) is 18.2 Å². The van der Waals surface area contributed by atoms with Crippen LogP contribution in [0, 0.1) is 0 Å². The molecule has 0 bridgehead atoms. The summed E-state index contributed by atoms with van der Waals surface area (Å²) in [5.74, 6) is 1.11. The Bertz CT molecular complexity index is 419. The van der Waals surface area contributed by atoms with Gasteiger partial charge >= 0.3 is 0 Å². The molecule has 3 N–H and O–H groups in total. The van der Waals surface area contributed by atoms with Gasteiger partial charge in [0.25, 0.3) is 0 Å². The van der Waals surface area contributed by atoms with Gasteiger partial charge in [0.1, 0.15) is 0 Å².